The smallest absolute Gasteiger partial charge is 0.317 e. The average molecular weight is 320 g/mol. The number of urea groups is 1. The van der Waals surface area contributed by atoms with Crippen LogP contribution in [0.25, 0.3) is 0 Å². The summed E-state index contributed by atoms with van der Waals surface area (Å²) < 4.78 is 5.55. The van der Waals surface area contributed by atoms with E-state index in [4.69, 9.17) is 4.74 Å². The molecule has 0 saturated carbocycles. The summed E-state index contributed by atoms with van der Waals surface area (Å²) in [5.41, 5.74) is 2.08. The Morgan fingerprint density at radius 3 is 3.04 bits per heavy atom. The van der Waals surface area contributed by atoms with Gasteiger partial charge in [-0.3, -0.25) is 0 Å². The highest BCUT2D eigenvalue weighted by atomic mass is 16.5. The van der Waals surface area contributed by atoms with Gasteiger partial charge in [0.1, 0.15) is 5.82 Å². The molecule has 128 valence electrons. The number of aryl methyl sites for hydroxylation is 1. The molecule has 1 aromatic rings. The Kier molecular flexibility index (Phi) is 6.77. The van der Waals surface area contributed by atoms with Gasteiger partial charge in [0.25, 0.3) is 0 Å². The highest BCUT2D eigenvalue weighted by molar-refractivity contribution is 5.74. The number of hydrogen-bond donors (Lipinski definition) is 1. The molecule has 1 aromatic heterocycles. The number of nitrogens with one attached hydrogen (secondary N) is 1. The van der Waals surface area contributed by atoms with Crippen LogP contribution in [0.4, 0.5) is 4.79 Å². The molecule has 6 heteroatoms. The van der Waals surface area contributed by atoms with Gasteiger partial charge in [-0.05, 0) is 33.1 Å². The molecule has 1 unspecified atom stereocenters. The minimum absolute atomic E-state index is 0.0358. The van der Waals surface area contributed by atoms with E-state index < -0.39 is 0 Å². The van der Waals surface area contributed by atoms with Crippen molar-refractivity contribution in [3.05, 3.63) is 23.3 Å². The lowest BCUT2D eigenvalue weighted by Crippen LogP contribution is -2.45. The normalized spacial score (nSPS) is 18.0. The zero-order chi connectivity index (χ0) is 16.7. The summed E-state index contributed by atoms with van der Waals surface area (Å²) in [6, 6.07) is 0.0358. The van der Waals surface area contributed by atoms with Crippen LogP contribution in [-0.4, -0.2) is 47.1 Å². The summed E-state index contributed by atoms with van der Waals surface area (Å²) >= 11 is 0. The first-order valence-corrected chi connectivity index (χ1v) is 8.58. The maximum atomic E-state index is 12.2. The van der Waals surface area contributed by atoms with Gasteiger partial charge in [-0.1, -0.05) is 6.92 Å². The van der Waals surface area contributed by atoms with Crippen LogP contribution in [0.2, 0.25) is 0 Å². The third kappa shape index (κ3) is 4.89. The SMILES string of the molecule is CCCNC(=O)N1CCCC(c2nc(C)ncc2COCC)C1. The fraction of sp³-hybridized carbons (Fsp3) is 0.706. The Morgan fingerprint density at radius 2 is 2.30 bits per heavy atom. The number of likely N-dealkylation sites (tertiary alicyclic amines) is 1. The van der Waals surface area contributed by atoms with Crippen molar-refractivity contribution in [3.63, 3.8) is 0 Å². The van der Waals surface area contributed by atoms with E-state index in [1.807, 2.05) is 24.9 Å². The summed E-state index contributed by atoms with van der Waals surface area (Å²) in [7, 11) is 0. The number of ether oxygens (including phenoxy) is 1. The van der Waals surface area contributed by atoms with Gasteiger partial charge in [0.2, 0.25) is 0 Å². The van der Waals surface area contributed by atoms with Crippen molar-refractivity contribution >= 4 is 6.03 Å². The third-order valence-electron chi connectivity index (χ3n) is 4.10. The molecule has 1 N–H and O–H groups in total. The number of carbonyl (C=O) groups excluding carboxylic acids is 1. The number of hydrogen-bond acceptors (Lipinski definition) is 4. The molecule has 2 amide bonds. The van der Waals surface area contributed by atoms with Crippen LogP contribution in [0.5, 0.6) is 0 Å². The van der Waals surface area contributed by atoms with E-state index in [-0.39, 0.29) is 11.9 Å². The minimum atomic E-state index is 0.0358. The molecule has 0 spiro atoms. The molecular formula is C17H28N4O2. The number of nitrogens with zero attached hydrogens (tertiary/aromatic N) is 3. The summed E-state index contributed by atoms with van der Waals surface area (Å²) in [6.45, 7) is 9.40. The fourth-order valence-corrected chi connectivity index (χ4v) is 2.92. The van der Waals surface area contributed by atoms with E-state index in [9.17, 15) is 4.79 Å². The number of aromatic nitrogens is 2. The molecule has 1 atom stereocenters. The van der Waals surface area contributed by atoms with Crippen molar-refractivity contribution in [1.82, 2.24) is 20.2 Å². The van der Waals surface area contributed by atoms with Crippen molar-refractivity contribution in [3.8, 4) is 0 Å². The van der Waals surface area contributed by atoms with E-state index in [0.29, 0.717) is 19.8 Å². The van der Waals surface area contributed by atoms with Crippen LogP contribution >= 0.6 is 0 Å². The zero-order valence-corrected chi connectivity index (χ0v) is 14.5. The molecule has 6 nitrogen and oxygen atoms in total. The van der Waals surface area contributed by atoms with E-state index in [2.05, 4.69) is 22.2 Å². The predicted octanol–water partition coefficient (Wildman–Crippen LogP) is 2.62. The van der Waals surface area contributed by atoms with Gasteiger partial charge >= 0.3 is 6.03 Å². The standard InChI is InChI=1S/C17H28N4O2/c1-4-8-18-17(22)21-9-6-7-14(11-21)16-15(12-23-5-2)10-19-13(3)20-16/h10,14H,4-9,11-12H2,1-3H3,(H,18,22). The average Bonchev–Trinajstić information content (AvgIpc) is 2.58. The molecule has 0 radical (unpaired) electrons. The molecule has 23 heavy (non-hydrogen) atoms. The quantitative estimate of drug-likeness (QED) is 0.875. The van der Waals surface area contributed by atoms with Crippen LogP contribution in [0, 0.1) is 6.92 Å². The van der Waals surface area contributed by atoms with E-state index in [1.165, 1.54) is 0 Å². The zero-order valence-electron chi connectivity index (χ0n) is 14.5. The first-order chi connectivity index (χ1) is 11.2. The van der Waals surface area contributed by atoms with Crippen LogP contribution < -0.4 is 5.32 Å². The Bertz CT molecular complexity index is 521. The van der Waals surface area contributed by atoms with Gasteiger partial charge in [-0.2, -0.15) is 0 Å². The number of amides is 2. The second-order valence-corrected chi connectivity index (χ2v) is 5.98. The molecule has 0 aliphatic carbocycles. The fourth-order valence-electron chi connectivity index (χ4n) is 2.92. The predicted molar refractivity (Wildman–Crippen MR) is 89.3 cm³/mol. The Hall–Kier alpha value is -1.69. The Balaban J connectivity index is 2.10. The molecule has 1 aliphatic rings. The van der Waals surface area contributed by atoms with Crippen molar-refractivity contribution in [2.75, 3.05) is 26.2 Å². The molecular weight excluding hydrogens is 292 g/mol. The van der Waals surface area contributed by atoms with Gasteiger partial charge in [-0.25, -0.2) is 14.8 Å². The molecule has 2 rings (SSSR count). The first-order valence-electron chi connectivity index (χ1n) is 8.58. The lowest BCUT2D eigenvalue weighted by molar-refractivity contribution is 0.131. The van der Waals surface area contributed by atoms with E-state index in [1.54, 1.807) is 0 Å². The van der Waals surface area contributed by atoms with Gasteiger partial charge in [0.05, 0.1) is 12.3 Å². The summed E-state index contributed by atoms with van der Waals surface area (Å²) in [5.74, 6) is 1.03. The molecule has 0 aromatic carbocycles. The van der Waals surface area contributed by atoms with Crippen LogP contribution in [0.3, 0.4) is 0 Å². The van der Waals surface area contributed by atoms with Gasteiger partial charge < -0.3 is 15.0 Å². The van der Waals surface area contributed by atoms with Crippen LogP contribution in [-0.2, 0) is 11.3 Å². The highest BCUT2D eigenvalue weighted by Gasteiger charge is 2.27. The van der Waals surface area contributed by atoms with Crippen molar-refractivity contribution in [2.24, 2.45) is 0 Å². The number of carbonyl (C=O) groups is 1. The summed E-state index contributed by atoms with van der Waals surface area (Å²) in [4.78, 5) is 23.1. The summed E-state index contributed by atoms with van der Waals surface area (Å²) in [5, 5.41) is 2.96. The number of rotatable bonds is 6. The molecule has 1 aliphatic heterocycles. The van der Waals surface area contributed by atoms with Crippen molar-refractivity contribution in [1.29, 1.82) is 0 Å². The largest absolute Gasteiger partial charge is 0.377 e. The van der Waals surface area contributed by atoms with Crippen molar-refractivity contribution < 1.29 is 9.53 Å². The van der Waals surface area contributed by atoms with Crippen LogP contribution in [0.15, 0.2) is 6.20 Å². The summed E-state index contributed by atoms with van der Waals surface area (Å²) in [6.07, 6.45) is 4.87. The number of piperidine rings is 1. The second kappa shape index (κ2) is 8.82. The monoisotopic (exact) mass is 320 g/mol. The first kappa shape index (κ1) is 17.7. The highest BCUT2D eigenvalue weighted by Crippen LogP contribution is 2.28. The Morgan fingerprint density at radius 1 is 1.48 bits per heavy atom. The second-order valence-electron chi connectivity index (χ2n) is 5.98. The van der Waals surface area contributed by atoms with Crippen LogP contribution in [0.1, 0.15) is 56.1 Å². The van der Waals surface area contributed by atoms with Gasteiger partial charge in [0.15, 0.2) is 0 Å². The lowest BCUT2D eigenvalue weighted by Gasteiger charge is -2.33. The lowest BCUT2D eigenvalue weighted by atomic mass is 9.92. The molecule has 1 fully saturated rings. The minimum Gasteiger partial charge on any atom is -0.377 e. The maximum Gasteiger partial charge on any atom is 0.317 e. The van der Waals surface area contributed by atoms with Crippen molar-refractivity contribution in [2.45, 2.75) is 52.6 Å². The van der Waals surface area contributed by atoms with Gasteiger partial charge in [0, 0.05) is 43.9 Å². The maximum absolute atomic E-state index is 12.2. The molecule has 1 saturated heterocycles. The topological polar surface area (TPSA) is 67.4 Å². The van der Waals surface area contributed by atoms with E-state index in [0.717, 1.165) is 49.4 Å². The van der Waals surface area contributed by atoms with Gasteiger partial charge in [-0.15, -0.1) is 0 Å². The third-order valence-corrected chi connectivity index (χ3v) is 4.10. The molecule has 0 bridgehead atoms. The van der Waals surface area contributed by atoms with E-state index >= 15 is 0 Å². The Labute approximate surface area is 138 Å². The molecule has 2 heterocycles.